The molecule has 26 heavy (non-hydrogen) atoms. The molecule has 1 aromatic heterocycles. The summed E-state index contributed by atoms with van der Waals surface area (Å²) in [6.07, 6.45) is 0.107. The lowest BCUT2D eigenvalue weighted by Gasteiger charge is -2.04. The summed E-state index contributed by atoms with van der Waals surface area (Å²) in [4.78, 5) is 28.5. The third-order valence-corrected chi connectivity index (χ3v) is 4.66. The lowest BCUT2D eigenvalue weighted by molar-refractivity contribution is -0.115. The number of nitrogens with one attached hydrogen (secondary N) is 2. The molecule has 5 nitrogen and oxygen atoms in total. The summed E-state index contributed by atoms with van der Waals surface area (Å²) in [6, 6.07) is 13.4. The Hall–Kier alpha value is -2.41. The van der Waals surface area contributed by atoms with Crippen molar-refractivity contribution in [1.82, 2.24) is 4.98 Å². The molecule has 0 aliphatic heterocycles. The van der Waals surface area contributed by atoms with E-state index >= 15 is 0 Å². The Morgan fingerprint density at radius 3 is 2.19 bits per heavy atom. The van der Waals surface area contributed by atoms with Crippen molar-refractivity contribution in [3.63, 3.8) is 0 Å². The van der Waals surface area contributed by atoms with Crippen LogP contribution >= 0.6 is 34.5 Å². The van der Waals surface area contributed by atoms with Crippen molar-refractivity contribution in [2.75, 3.05) is 10.6 Å². The van der Waals surface area contributed by atoms with Crippen LogP contribution in [0.4, 0.5) is 10.8 Å². The molecule has 0 spiro atoms. The fourth-order valence-corrected chi connectivity index (χ4v) is 3.08. The molecule has 0 unspecified atom stereocenters. The summed E-state index contributed by atoms with van der Waals surface area (Å²) in [7, 11) is 0. The number of halogens is 2. The number of rotatable bonds is 5. The molecule has 0 aliphatic carbocycles. The molecule has 0 bridgehead atoms. The predicted octanol–water partition coefficient (Wildman–Crippen LogP) is 4.88. The van der Waals surface area contributed by atoms with Gasteiger partial charge in [0.15, 0.2) is 5.13 Å². The topological polar surface area (TPSA) is 71.1 Å². The second-order valence-electron chi connectivity index (χ2n) is 5.34. The Kier molecular flexibility index (Phi) is 5.88. The van der Waals surface area contributed by atoms with Crippen LogP contribution in [0.25, 0.3) is 0 Å². The molecule has 0 radical (unpaired) electrons. The highest BCUT2D eigenvalue weighted by Gasteiger charge is 2.11. The maximum atomic E-state index is 12.1. The normalized spacial score (nSPS) is 10.4. The molecule has 0 aliphatic rings. The van der Waals surface area contributed by atoms with Crippen LogP contribution in [-0.4, -0.2) is 16.8 Å². The fraction of sp³-hybridized carbons (Fsp3) is 0.0556. The van der Waals surface area contributed by atoms with Crippen LogP contribution < -0.4 is 10.6 Å². The molecule has 3 rings (SSSR count). The average Bonchev–Trinajstić information content (AvgIpc) is 3.04. The summed E-state index contributed by atoms with van der Waals surface area (Å²) in [6.45, 7) is 0. The molecule has 132 valence electrons. The number of hydrogen-bond acceptors (Lipinski definition) is 4. The van der Waals surface area contributed by atoms with E-state index in [1.54, 1.807) is 53.9 Å². The van der Waals surface area contributed by atoms with Crippen molar-refractivity contribution in [2.45, 2.75) is 6.42 Å². The molecule has 0 atom stereocenters. The van der Waals surface area contributed by atoms with Gasteiger partial charge in [0.25, 0.3) is 5.91 Å². The van der Waals surface area contributed by atoms with Crippen LogP contribution in [0.1, 0.15) is 16.1 Å². The standard InChI is InChI=1S/C18H13Cl2N3O2S/c19-12-3-1-11(2-4-12)17(25)23-18-22-15(10-26-18)9-16(24)21-14-7-5-13(20)6-8-14/h1-8,10H,9H2,(H,21,24)(H,22,23,25). The molecule has 2 amide bonds. The van der Waals surface area contributed by atoms with Crippen molar-refractivity contribution < 1.29 is 9.59 Å². The van der Waals surface area contributed by atoms with Gasteiger partial charge in [-0.3, -0.25) is 14.9 Å². The second kappa shape index (κ2) is 8.31. The first-order chi connectivity index (χ1) is 12.5. The zero-order valence-corrected chi connectivity index (χ0v) is 15.7. The quantitative estimate of drug-likeness (QED) is 0.634. The van der Waals surface area contributed by atoms with E-state index < -0.39 is 0 Å². The Labute approximate surface area is 164 Å². The van der Waals surface area contributed by atoms with Gasteiger partial charge in [-0.05, 0) is 48.5 Å². The lowest BCUT2D eigenvalue weighted by atomic mass is 10.2. The summed E-state index contributed by atoms with van der Waals surface area (Å²) in [5, 5.41) is 8.80. The van der Waals surface area contributed by atoms with E-state index in [1.165, 1.54) is 11.3 Å². The summed E-state index contributed by atoms with van der Waals surface area (Å²) in [5.41, 5.74) is 1.71. The zero-order valence-electron chi connectivity index (χ0n) is 13.3. The van der Waals surface area contributed by atoms with E-state index in [0.29, 0.717) is 32.1 Å². The molecule has 8 heteroatoms. The summed E-state index contributed by atoms with van der Waals surface area (Å²) < 4.78 is 0. The smallest absolute Gasteiger partial charge is 0.257 e. The van der Waals surface area contributed by atoms with E-state index in [1.807, 2.05) is 0 Å². The number of aromatic nitrogens is 1. The minimum absolute atomic E-state index is 0.107. The molecule has 1 heterocycles. The Bertz CT molecular complexity index is 924. The van der Waals surface area contributed by atoms with Gasteiger partial charge in [-0.2, -0.15) is 0 Å². The van der Waals surface area contributed by atoms with E-state index in [0.717, 1.165) is 0 Å². The number of carbonyl (C=O) groups excluding carboxylic acids is 2. The van der Waals surface area contributed by atoms with Crippen molar-refractivity contribution in [3.05, 3.63) is 75.2 Å². The van der Waals surface area contributed by atoms with Crippen molar-refractivity contribution in [1.29, 1.82) is 0 Å². The van der Waals surface area contributed by atoms with E-state index in [2.05, 4.69) is 15.6 Å². The monoisotopic (exact) mass is 405 g/mol. The lowest BCUT2D eigenvalue weighted by Crippen LogP contribution is -2.15. The third kappa shape index (κ3) is 5.05. The van der Waals surface area contributed by atoms with E-state index in [4.69, 9.17) is 23.2 Å². The number of nitrogens with zero attached hydrogens (tertiary/aromatic N) is 1. The molecule has 2 N–H and O–H groups in total. The Balaban J connectivity index is 1.57. The summed E-state index contributed by atoms with van der Waals surface area (Å²) in [5.74, 6) is -0.485. The number of amides is 2. The fourth-order valence-electron chi connectivity index (χ4n) is 2.12. The maximum Gasteiger partial charge on any atom is 0.257 e. The van der Waals surface area contributed by atoms with E-state index in [-0.39, 0.29) is 18.2 Å². The first-order valence-electron chi connectivity index (χ1n) is 7.56. The number of carbonyl (C=O) groups is 2. The first-order valence-corrected chi connectivity index (χ1v) is 9.20. The molecule has 0 fully saturated rings. The van der Waals surface area contributed by atoms with Gasteiger partial charge in [0.05, 0.1) is 12.1 Å². The molecular weight excluding hydrogens is 393 g/mol. The minimum Gasteiger partial charge on any atom is -0.326 e. The SMILES string of the molecule is O=C(Cc1csc(NC(=O)c2ccc(Cl)cc2)n1)Nc1ccc(Cl)cc1. The number of anilines is 2. The van der Waals surface area contributed by atoms with Crippen LogP contribution in [0, 0.1) is 0 Å². The van der Waals surface area contributed by atoms with Crippen LogP contribution in [0.15, 0.2) is 53.9 Å². The molecule has 0 saturated carbocycles. The first kappa shape index (κ1) is 18.4. The Morgan fingerprint density at radius 2 is 1.54 bits per heavy atom. The van der Waals surface area contributed by atoms with Gasteiger partial charge in [-0.25, -0.2) is 4.98 Å². The second-order valence-corrected chi connectivity index (χ2v) is 7.07. The van der Waals surface area contributed by atoms with Crippen molar-refractivity contribution in [2.24, 2.45) is 0 Å². The average molecular weight is 406 g/mol. The van der Waals surface area contributed by atoms with Crippen molar-refractivity contribution >= 4 is 57.2 Å². The highest BCUT2D eigenvalue weighted by molar-refractivity contribution is 7.14. The van der Waals surface area contributed by atoms with Gasteiger partial charge in [0.2, 0.25) is 5.91 Å². The van der Waals surface area contributed by atoms with Crippen LogP contribution in [0.3, 0.4) is 0 Å². The largest absolute Gasteiger partial charge is 0.326 e. The zero-order chi connectivity index (χ0) is 18.5. The van der Waals surface area contributed by atoms with Crippen LogP contribution in [0.2, 0.25) is 10.0 Å². The third-order valence-electron chi connectivity index (χ3n) is 3.35. The Morgan fingerprint density at radius 1 is 0.923 bits per heavy atom. The number of hydrogen-bond donors (Lipinski definition) is 2. The molecule has 0 saturated heterocycles. The van der Waals surface area contributed by atoms with Gasteiger partial charge in [-0.15, -0.1) is 11.3 Å². The van der Waals surface area contributed by atoms with Gasteiger partial charge >= 0.3 is 0 Å². The van der Waals surface area contributed by atoms with Crippen LogP contribution in [-0.2, 0) is 11.2 Å². The van der Waals surface area contributed by atoms with Gasteiger partial charge < -0.3 is 5.32 Å². The van der Waals surface area contributed by atoms with Gasteiger partial charge in [0, 0.05) is 26.7 Å². The summed E-state index contributed by atoms with van der Waals surface area (Å²) >= 11 is 12.9. The van der Waals surface area contributed by atoms with Crippen LogP contribution in [0.5, 0.6) is 0 Å². The molecule has 2 aromatic carbocycles. The van der Waals surface area contributed by atoms with Gasteiger partial charge in [-0.1, -0.05) is 23.2 Å². The van der Waals surface area contributed by atoms with Crippen molar-refractivity contribution in [3.8, 4) is 0 Å². The number of benzene rings is 2. The number of thiazole rings is 1. The highest BCUT2D eigenvalue weighted by atomic mass is 35.5. The van der Waals surface area contributed by atoms with Gasteiger partial charge in [0.1, 0.15) is 0 Å². The molecular formula is C18H13Cl2N3O2S. The minimum atomic E-state index is -0.284. The highest BCUT2D eigenvalue weighted by Crippen LogP contribution is 2.19. The molecule has 3 aromatic rings. The predicted molar refractivity (Wildman–Crippen MR) is 105 cm³/mol. The van der Waals surface area contributed by atoms with E-state index in [9.17, 15) is 9.59 Å². The maximum absolute atomic E-state index is 12.1.